The van der Waals surface area contributed by atoms with Gasteiger partial charge in [0.05, 0.1) is 6.54 Å². The van der Waals surface area contributed by atoms with E-state index < -0.39 is 0 Å². The van der Waals surface area contributed by atoms with Gasteiger partial charge in [0.15, 0.2) is 0 Å². The first-order chi connectivity index (χ1) is 8.29. The molecule has 2 aromatic rings. The standard InChI is InChI=1S/C13H17N3S/c1-9-7-11-10-5-3-4-6-12(10)15-13(11)8-16(9)17-14-2/h3-6,9,14-15H,7-8H2,1-2H3/t9-/m1/s1. The van der Waals surface area contributed by atoms with Crippen LogP contribution in [0.4, 0.5) is 0 Å². The molecule has 0 bridgehead atoms. The molecule has 0 saturated heterocycles. The fourth-order valence-electron chi connectivity index (χ4n) is 2.57. The fourth-order valence-corrected chi connectivity index (χ4v) is 3.25. The van der Waals surface area contributed by atoms with Crippen molar-refractivity contribution in [2.24, 2.45) is 0 Å². The molecule has 1 aliphatic heterocycles. The Morgan fingerprint density at radius 2 is 2.24 bits per heavy atom. The van der Waals surface area contributed by atoms with E-state index >= 15 is 0 Å². The molecule has 0 fully saturated rings. The smallest absolute Gasteiger partial charge is 0.0510 e. The summed E-state index contributed by atoms with van der Waals surface area (Å²) in [6.45, 7) is 3.27. The van der Waals surface area contributed by atoms with Crippen molar-refractivity contribution in [1.82, 2.24) is 14.0 Å². The second kappa shape index (κ2) is 4.37. The van der Waals surface area contributed by atoms with Gasteiger partial charge in [-0.25, -0.2) is 4.31 Å². The van der Waals surface area contributed by atoms with Gasteiger partial charge in [0, 0.05) is 34.8 Å². The summed E-state index contributed by atoms with van der Waals surface area (Å²) in [6.07, 6.45) is 1.12. The minimum absolute atomic E-state index is 0.569. The number of H-pyrrole nitrogens is 1. The Morgan fingerprint density at radius 3 is 3.06 bits per heavy atom. The molecule has 3 nitrogen and oxygen atoms in total. The van der Waals surface area contributed by atoms with E-state index in [2.05, 4.69) is 45.2 Å². The van der Waals surface area contributed by atoms with Gasteiger partial charge in [0.25, 0.3) is 0 Å². The Labute approximate surface area is 106 Å². The molecule has 1 aromatic carbocycles. The Bertz CT molecular complexity index is 534. The van der Waals surface area contributed by atoms with Crippen LogP contribution in [0.3, 0.4) is 0 Å². The van der Waals surface area contributed by atoms with Crippen LogP contribution in [-0.4, -0.2) is 22.4 Å². The van der Waals surface area contributed by atoms with Gasteiger partial charge in [-0.15, -0.1) is 0 Å². The van der Waals surface area contributed by atoms with Crippen LogP contribution in [-0.2, 0) is 13.0 Å². The van der Waals surface area contributed by atoms with Crippen LogP contribution in [0, 0.1) is 0 Å². The number of hydrogen-bond acceptors (Lipinski definition) is 3. The highest BCUT2D eigenvalue weighted by Crippen LogP contribution is 2.32. The first kappa shape index (κ1) is 11.1. The lowest BCUT2D eigenvalue weighted by molar-refractivity contribution is 0.338. The molecule has 2 N–H and O–H groups in total. The topological polar surface area (TPSA) is 31.1 Å². The van der Waals surface area contributed by atoms with Gasteiger partial charge < -0.3 is 4.98 Å². The molecule has 0 radical (unpaired) electrons. The van der Waals surface area contributed by atoms with Crippen LogP contribution in [0.15, 0.2) is 24.3 Å². The van der Waals surface area contributed by atoms with E-state index in [9.17, 15) is 0 Å². The van der Waals surface area contributed by atoms with Crippen LogP contribution in [0.1, 0.15) is 18.2 Å². The van der Waals surface area contributed by atoms with Crippen LogP contribution in [0.25, 0.3) is 10.9 Å². The monoisotopic (exact) mass is 247 g/mol. The number of nitrogens with one attached hydrogen (secondary N) is 2. The van der Waals surface area contributed by atoms with E-state index in [1.807, 2.05) is 7.05 Å². The van der Waals surface area contributed by atoms with Gasteiger partial charge in [-0.2, -0.15) is 0 Å². The molecule has 0 amide bonds. The van der Waals surface area contributed by atoms with E-state index in [0.717, 1.165) is 13.0 Å². The van der Waals surface area contributed by atoms with Crippen LogP contribution in [0.5, 0.6) is 0 Å². The third-order valence-corrected chi connectivity index (χ3v) is 4.32. The first-order valence-electron chi connectivity index (χ1n) is 5.98. The molecule has 3 rings (SSSR count). The van der Waals surface area contributed by atoms with Crippen molar-refractivity contribution in [1.29, 1.82) is 0 Å². The molecule has 17 heavy (non-hydrogen) atoms. The Hall–Kier alpha value is -0.970. The van der Waals surface area contributed by atoms with E-state index in [0.29, 0.717) is 6.04 Å². The molecule has 1 aliphatic rings. The number of fused-ring (bicyclic) bond motifs is 3. The molecule has 4 heteroatoms. The van der Waals surface area contributed by atoms with Gasteiger partial charge >= 0.3 is 0 Å². The molecule has 1 atom stereocenters. The van der Waals surface area contributed by atoms with Crippen molar-refractivity contribution < 1.29 is 0 Å². The van der Waals surface area contributed by atoms with E-state index in [1.54, 1.807) is 12.1 Å². The van der Waals surface area contributed by atoms with Crippen molar-refractivity contribution in [3.8, 4) is 0 Å². The highest BCUT2D eigenvalue weighted by Gasteiger charge is 2.25. The Kier molecular flexibility index (Phi) is 2.86. The lowest BCUT2D eigenvalue weighted by atomic mass is 10.00. The summed E-state index contributed by atoms with van der Waals surface area (Å²) in [5, 5.41) is 1.39. The highest BCUT2D eigenvalue weighted by molar-refractivity contribution is 7.95. The maximum Gasteiger partial charge on any atom is 0.0510 e. The average Bonchev–Trinajstić information content (AvgIpc) is 2.68. The largest absolute Gasteiger partial charge is 0.357 e. The molecular formula is C13H17N3S. The van der Waals surface area contributed by atoms with Crippen molar-refractivity contribution in [3.05, 3.63) is 35.5 Å². The van der Waals surface area contributed by atoms with Gasteiger partial charge in [0.2, 0.25) is 0 Å². The van der Waals surface area contributed by atoms with Crippen LogP contribution >= 0.6 is 12.1 Å². The van der Waals surface area contributed by atoms with E-state index in [4.69, 9.17) is 0 Å². The van der Waals surface area contributed by atoms with E-state index in [-0.39, 0.29) is 0 Å². The maximum atomic E-state index is 3.54. The number of para-hydroxylation sites is 1. The van der Waals surface area contributed by atoms with Crippen LogP contribution < -0.4 is 4.72 Å². The first-order valence-corrected chi connectivity index (χ1v) is 6.75. The number of hydrogen-bond donors (Lipinski definition) is 2. The number of rotatable bonds is 2. The van der Waals surface area contributed by atoms with Gasteiger partial charge in [0.1, 0.15) is 0 Å². The quantitative estimate of drug-likeness (QED) is 0.800. The predicted octanol–water partition coefficient (Wildman–Crippen LogP) is 2.70. The third kappa shape index (κ3) is 1.86. The number of aromatic nitrogens is 1. The average molecular weight is 247 g/mol. The fraction of sp³-hybridized carbons (Fsp3) is 0.385. The summed E-state index contributed by atoms with van der Waals surface area (Å²) < 4.78 is 5.55. The normalized spacial score (nSPS) is 20.7. The zero-order chi connectivity index (χ0) is 11.8. The number of aromatic amines is 1. The highest BCUT2D eigenvalue weighted by atomic mass is 32.2. The zero-order valence-corrected chi connectivity index (χ0v) is 11.0. The van der Waals surface area contributed by atoms with Crippen molar-refractivity contribution >= 4 is 23.0 Å². The lowest BCUT2D eigenvalue weighted by Gasteiger charge is -2.31. The molecule has 0 unspecified atom stereocenters. The second-order valence-corrected chi connectivity index (χ2v) is 5.61. The lowest BCUT2D eigenvalue weighted by Crippen LogP contribution is -2.34. The predicted molar refractivity (Wildman–Crippen MR) is 73.7 cm³/mol. The SMILES string of the molecule is CNSN1Cc2[nH]c3ccccc3c2C[C@H]1C. The molecule has 0 saturated carbocycles. The summed E-state index contributed by atoms with van der Waals surface area (Å²) in [5.74, 6) is 0. The van der Waals surface area contributed by atoms with Gasteiger partial charge in [-0.05, 0) is 32.0 Å². The molecule has 2 heterocycles. The summed E-state index contributed by atoms with van der Waals surface area (Å²) in [4.78, 5) is 3.54. The molecule has 1 aromatic heterocycles. The molecule has 0 aliphatic carbocycles. The van der Waals surface area contributed by atoms with Crippen molar-refractivity contribution in [2.45, 2.75) is 25.9 Å². The number of nitrogens with zero attached hydrogens (tertiary/aromatic N) is 1. The Balaban J connectivity index is 2.03. The second-order valence-electron chi connectivity index (χ2n) is 4.55. The maximum absolute atomic E-state index is 3.54. The van der Waals surface area contributed by atoms with Gasteiger partial charge in [-0.1, -0.05) is 18.2 Å². The molecular weight excluding hydrogens is 230 g/mol. The van der Waals surface area contributed by atoms with E-state index in [1.165, 1.54) is 22.2 Å². The molecule has 90 valence electrons. The van der Waals surface area contributed by atoms with Gasteiger partial charge in [-0.3, -0.25) is 4.72 Å². The Morgan fingerprint density at radius 1 is 1.41 bits per heavy atom. The van der Waals surface area contributed by atoms with Crippen molar-refractivity contribution in [3.63, 3.8) is 0 Å². The summed E-state index contributed by atoms with van der Waals surface area (Å²) in [5.41, 5.74) is 4.13. The minimum atomic E-state index is 0.569. The third-order valence-electron chi connectivity index (χ3n) is 3.42. The summed E-state index contributed by atoms with van der Waals surface area (Å²) in [7, 11) is 1.97. The zero-order valence-electron chi connectivity index (χ0n) is 10.2. The van der Waals surface area contributed by atoms with Crippen molar-refractivity contribution in [2.75, 3.05) is 7.05 Å². The summed E-state index contributed by atoms with van der Waals surface area (Å²) in [6, 6.07) is 9.16. The van der Waals surface area contributed by atoms with Crippen LogP contribution in [0.2, 0.25) is 0 Å². The number of benzene rings is 1. The minimum Gasteiger partial charge on any atom is -0.357 e. The summed E-state index contributed by atoms with van der Waals surface area (Å²) >= 11 is 1.70. The molecule has 0 spiro atoms.